The first-order valence-corrected chi connectivity index (χ1v) is 6.24. The van der Waals surface area contributed by atoms with Gasteiger partial charge in [0.1, 0.15) is 6.04 Å². The second kappa shape index (κ2) is 6.78. The minimum atomic E-state index is -1.01. The summed E-state index contributed by atoms with van der Waals surface area (Å²) in [5.74, 6) is -1.01. The van der Waals surface area contributed by atoms with Crippen molar-refractivity contribution >= 4 is 12.0 Å². The van der Waals surface area contributed by atoms with Crippen LogP contribution in [0.15, 0.2) is 24.3 Å². The first kappa shape index (κ1) is 15.0. The summed E-state index contributed by atoms with van der Waals surface area (Å²) >= 11 is 0. The Labute approximate surface area is 113 Å². The number of aryl methyl sites for hydroxylation is 1. The van der Waals surface area contributed by atoms with Gasteiger partial charge in [-0.3, -0.25) is 0 Å². The van der Waals surface area contributed by atoms with Gasteiger partial charge < -0.3 is 15.3 Å². The lowest BCUT2D eigenvalue weighted by Crippen LogP contribution is -2.46. The Bertz CT molecular complexity index is 443. The molecule has 2 amide bonds. The summed E-state index contributed by atoms with van der Waals surface area (Å²) in [6.07, 6.45) is 0.361. The highest BCUT2D eigenvalue weighted by molar-refractivity contribution is 5.82. The van der Waals surface area contributed by atoms with E-state index in [1.807, 2.05) is 31.2 Å². The van der Waals surface area contributed by atoms with Crippen LogP contribution in [0.1, 0.15) is 24.5 Å². The number of urea groups is 1. The Morgan fingerprint density at radius 2 is 1.89 bits per heavy atom. The monoisotopic (exact) mass is 264 g/mol. The lowest BCUT2D eigenvalue weighted by molar-refractivity contribution is -0.139. The molecular weight excluding hydrogens is 244 g/mol. The number of carboxylic acids is 1. The van der Waals surface area contributed by atoms with Gasteiger partial charge in [0, 0.05) is 13.6 Å². The third-order valence-electron chi connectivity index (χ3n) is 2.89. The van der Waals surface area contributed by atoms with Crippen molar-refractivity contribution in [1.29, 1.82) is 0 Å². The first-order chi connectivity index (χ1) is 8.93. The Hall–Kier alpha value is -2.04. The average Bonchev–Trinajstić information content (AvgIpc) is 2.37. The summed E-state index contributed by atoms with van der Waals surface area (Å²) in [6.45, 7) is 4.17. The standard InChI is InChI=1S/C14H20N2O3/c1-4-12(13(17)18)15-14(19)16(3)9-11-7-5-10(2)6-8-11/h5-8,12H,4,9H2,1-3H3,(H,15,19)(H,17,18)/t12-/m0/s1. The van der Waals surface area contributed by atoms with Crippen LogP contribution in [0.3, 0.4) is 0 Å². The summed E-state index contributed by atoms with van der Waals surface area (Å²) in [7, 11) is 1.64. The minimum Gasteiger partial charge on any atom is -0.480 e. The van der Waals surface area contributed by atoms with Gasteiger partial charge in [-0.25, -0.2) is 9.59 Å². The topological polar surface area (TPSA) is 69.6 Å². The van der Waals surface area contributed by atoms with Crippen LogP contribution in [0.4, 0.5) is 4.79 Å². The van der Waals surface area contributed by atoms with Gasteiger partial charge >= 0.3 is 12.0 Å². The zero-order valence-electron chi connectivity index (χ0n) is 11.5. The largest absolute Gasteiger partial charge is 0.480 e. The molecule has 0 saturated carbocycles. The van der Waals surface area contributed by atoms with Gasteiger partial charge in [0.05, 0.1) is 0 Å². The Balaban J connectivity index is 2.57. The first-order valence-electron chi connectivity index (χ1n) is 6.24. The van der Waals surface area contributed by atoms with Crippen LogP contribution in [0.2, 0.25) is 0 Å². The molecule has 1 atom stereocenters. The van der Waals surface area contributed by atoms with Gasteiger partial charge in [-0.2, -0.15) is 0 Å². The molecule has 0 aliphatic rings. The van der Waals surface area contributed by atoms with Gasteiger partial charge in [0.2, 0.25) is 0 Å². The van der Waals surface area contributed by atoms with Crippen molar-refractivity contribution in [3.8, 4) is 0 Å². The van der Waals surface area contributed by atoms with Crippen LogP contribution < -0.4 is 5.32 Å². The van der Waals surface area contributed by atoms with Gasteiger partial charge in [0.15, 0.2) is 0 Å². The molecule has 5 heteroatoms. The van der Waals surface area contributed by atoms with E-state index >= 15 is 0 Å². The third-order valence-corrected chi connectivity index (χ3v) is 2.89. The van der Waals surface area contributed by atoms with Crippen molar-refractivity contribution in [3.05, 3.63) is 35.4 Å². The number of rotatable bonds is 5. The molecule has 0 heterocycles. The molecule has 0 radical (unpaired) electrons. The summed E-state index contributed by atoms with van der Waals surface area (Å²) in [4.78, 5) is 24.2. The molecule has 0 aliphatic heterocycles. The Kier molecular flexibility index (Phi) is 5.36. The number of carbonyl (C=O) groups is 2. The zero-order valence-corrected chi connectivity index (χ0v) is 11.5. The van der Waals surface area contributed by atoms with Gasteiger partial charge in [0.25, 0.3) is 0 Å². The number of carbonyl (C=O) groups excluding carboxylic acids is 1. The number of nitrogens with one attached hydrogen (secondary N) is 1. The number of carboxylic acid groups (broad SMARTS) is 1. The fourth-order valence-electron chi connectivity index (χ4n) is 1.64. The second-order valence-corrected chi connectivity index (χ2v) is 4.59. The molecule has 5 nitrogen and oxygen atoms in total. The van der Waals surface area contributed by atoms with Crippen LogP contribution in [-0.4, -0.2) is 35.1 Å². The highest BCUT2D eigenvalue weighted by Gasteiger charge is 2.19. The minimum absolute atomic E-state index is 0.361. The van der Waals surface area contributed by atoms with E-state index in [0.29, 0.717) is 13.0 Å². The fraction of sp³-hybridized carbons (Fsp3) is 0.429. The predicted molar refractivity (Wildman–Crippen MR) is 72.9 cm³/mol. The zero-order chi connectivity index (χ0) is 14.4. The molecule has 0 unspecified atom stereocenters. The molecule has 0 bridgehead atoms. The molecule has 1 aromatic rings. The molecule has 1 rings (SSSR count). The van der Waals surface area contributed by atoms with Crippen molar-refractivity contribution in [2.45, 2.75) is 32.9 Å². The number of hydrogen-bond donors (Lipinski definition) is 2. The predicted octanol–water partition coefficient (Wildman–Crippen LogP) is 2.00. The van der Waals surface area contributed by atoms with E-state index in [1.165, 1.54) is 4.90 Å². The van der Waals surface area contributed by atoms with Crippen LogP contribution in [0.25, 0.3) is 0 Å². The van der Waals surface area contributed by atoms with Crippen molar-refractivity contribution in [1.82, 2.24) is 10.2 Å². The van der Waals surface area contributed by atoms with Crippen LogP contribution in [-0.2, 0) is 11.3 Å². The Morgan fingerprint density at radius 1 is 1.32 bits per heavy atom. The van der Waals surface area contributed by atoms with Crippen LogP contribution in [0.5, 0.6) is 0 Å². The van der Waals surface area contributed by atoms with Crippen molar-refractivity contribution in [3.63, 3.8) is 0 Å². The molecule has 0 spiro atoms. The highest BCUT2D eigenvalue weighted by Crippen LogP contribution is 2.06. The molecule has 104 valence electrons. The molecule has 2 N–H and O–H groups in total. The maximum Gasteiger partial charge on any atom is 0.326 e. The fourth-order valence-corrected chi connectivity index (χ4v) is 1.64. The highest BCUT2D eigenvalue weighted by atomic mass is 16.4. The molecule has 0 aromatic heterocycles. The molecule has 0 fully saturated rings. The van der Waals surface area contributed by atoms with Gasteiger partial charge in [-0.1, -0.05) is 36.8 Å². The van der Waals surface area contributed by atoms with E-state index in [-0.39, 0.29) is 6.03 Å². The number of aliphatic carboxylic acids is 1. The summed E-state index contributed by atoms with van der Waals surface area (Å²) < 4.78 is 0. The normalized spacial score (nSPS) is 11.7. The average molecular weight is 264 g/mol. The van der Waals surface area contributed by atoms with E-state index in [0.717, 1.165) is 11.1 Å². The van der Waals surface area contributed by atoms with Crippen LogP contribution >= 0.6 is 0 Å². The van der Waals surface area contributed by atoms with Crippen molar-refractivity contribution in [2.24, 2.45) is 0 Å². The lowest BCUT2D eigenvalue weighted by Gasteiger charge is -2.20. The number of benzene rings is 1. The number of hydrogen-bond acceptors (Lipinski definition) is 2. The van der Waals surface area contributed by atoms with Crippen LogP contribution in [0, 0.1) is 6.92 Å². The lowest BCUT2D eigenvalue weighted by atomic mass is 10.1. The van der Waals surface area contributed by atoms with E-state index in [1.54, 1.807) is 14.0 Å². The molecule has 0 aliphatic carbocycles. The third kappa shape index (κ3) is 4.62. The quantitative estimate of drug-likeness (QED) is 0.854. The maximum absolute atomic E-state index is 11.8. The summed E-state index contributed by atoms with van der Waals surface area (Å²) in [6, 6.07) is 6.64. The number of amides is 2. The molecule has 19 heavy (non-hydrogen) atoms. The second-order valence-electron chi connectivity index (χ2n) is 4.59. The van der Waals surface area contributed by atoms with E-state index in [2.05, 4.69) is 5.32 Å². The maximum atomic E-state index is 11.8. The summed E-state index contributed by atoms with van der Waals surface area (Å²) in [5.41, 5.74) is 2.17. The van der Waals surface area contributed by atoms with Crippen molar-refractivity contribution < 1.29 is 14.7 Å². The SMILES string of the molecule is CC[C@H](NC(=O)N(C)Cc1ccc(C)cc1)C(=O)O. The Morgan fingerprint density at radius 3 is 2.37 bits per heavy atom. The number of nitrogens with zero attached hydrogens (tertiary/aromatic N) is 1. The van der Waals surface area contributed by atoms with Gasteiger partial charge in [-0.05, 0) is 18.9 Å². The molecule has 1 aromatic carbocycles. The van der Waals surface area contributed by atoms with Crippen molar-refractivity contribution in [2.75, 3.05) is 7.05 Å². The van der Waals surface area contributed by atoms with E-state index in [9.17, 15) is 9.59 Å². The molecular formula is C14H20N2O3. The molecule has 0 saturated heterocycles. The smallest absolute Gasteiger partial charge is 0.326 e. The van der Waals surface area contributed by atoms with E-state index < -0.39 is 12.0 Å². The summed E-state index contributed by atoms with van der Waals surface area (Å²) in [5, 5.41) is 11.4. The van der Waals surface area contributed by atoms with Gasteiger partial charge in [-0.15, -0.1) is 0 Å². The van der Waals surface area contributed by atoms with E-state index in [4.69, 9.17) is 5.11 Å².